The van der Waals surface area contributed by atoms with Gasteiger partial charge in [0.05, 0.1) is 17.9 Å². The average molecular weight is 400 g/mol. The second-order valence-corrected chi connectivity index (χ2v) is 7.29. The van der Waals surface area contributed by atoms with Crippen LogP contribution in [0.15, 0.2) is 48.5 Å². The molecule has 0 fully saturated rings. The molecule has 2 aromatic rings. The summed E-state index contributed by atoms with van der Waals surface area (Å²) >= 11 is 5.24. The number of para-hydroxylation sites is 1. The van der Waals surface area contributed by atoms with Crippen LogP contribution in [0, 0.1) is 5.92 Å². The number of nitrogens with one attached hydrogen (secondary N) is 2. The maximum absolute atomic E-state index is 12.5. The smallest absolute Gasteiger partial charge is 0.257 e. The maximum Gasteiger partial charge on any atom is 0.257 e. The largest absolute Gasteiger partial charge is 0.493 e. The van der Waals surface area contributed by atoms with Gasteiger partial charge in [-0.05, 0) is 48.5 Å². The van der Waals surface area contributed by atoms with Gasteiger partial charge in [-0.1, -0.05) is 32.0 Å². The zero-order chi connectivity index (χ0) is 20.7. The normalized spacial score (nSPS) is 10.3. The molecule has 0 saturated carbocycles. The molecule has 0 aromatic heterocycles. The van der Waals surface area contributed by atoms with Gasteiger partial charge in [-0.3, -0.25) is 14.9 Å². The highest BCUT2D eigenvalue weighted by Crippen LogP contribution is 2.17. The van der Waals surface area contributed by atoms with Gasteiger partial charge in [-0.2, -0.15) is 0 Å². The van der Waals surface area contributed by atoms with Crippen molar-refractivity contribution in [3.05, 3.63) is 59.7 Å². The molecule has 0 aliphatic rings. The summed E-state index contributed by atoms with van der Waals surface area (Å²) < 4.78 is 5.65. The van der Waals surface area contributed by atoms with Gasteiger partial charge in [0.15, 0.2) is 5.11 Å². The Morgan fingerprint density at radius 3 is 2.50 bits per heavy atom. The van der Waals surface area contributed by atoms with E-state index in [9.17, 15) is 9.59 Å². The van der Waals surface area contributed by atoms with Crippen LogP contribution in [0.5, 0.6) is 5.75 Å². The molecule has 0 atom stereocenters. The standard InChI is InChI=1S/C21H25N3O3S/c1-14(2)13-27-16-9-7-8-15(12-16)19(25)23-21(28)22-18-11-6-5-10-17(18)20(26)24(3)4/h5-12,14H,13H2,1-4H3,(H2,22,23,25,28). The molecular weight excluding hydrogens is 374 g/mol. The van der Waals surface area contributed by atoms with E-state index in [1.165, 1.54) is 4.90 Å². The van der Waals surface area contributed by atoms with Crippen molar-refractivity contribution in [3.8, 4) is 5.75 Å². The first-order valence-electron chi connectivity index (χ1n) is 8.93. The second kappa shape index (κ2) is 9.85. The van der Waals surface area contributed by atoms with Crippen LogP contribution in [0.3, 0.4) is 0 Å². The van der Waals surface area contributed by atoms with E-state index in [1.54, 1.807) is 62.6 Å². The number of carbonyl (C=O) groups excluding carboxylic acids is 2. The fraction of sp³-hybridized carbons (Fsp3) is 0.286. The molecule has 0 unspecified atom stereocenters. The summed E-state index contributed by atoms with van der Waals surface area (Å²) in [5.74, 6) is 0.498. The predicted molar refractivity (Wildman–Crippen MR) is 115 cm³/mol. The molecule has 0 bridgehead atoms. The van der Waals surface area contributed by atoms with Gasteiger partial charge in [-0.25, -0.2) is 0 Å². The number of hydrogen-bond donors (Lipinski definition) is 2. The minimum atomic E-state index is -0.357. The minimum absolute atomic E-state index is 0.109. The lowest BCUT2D eigenvalue weighted by Crippen LogP contribution is -2.35. The van der Waals surface area contributed by atoms with Crippen molar-refractivity contribution in [2.45, 2.75) is 13.8 Å². The molecule has 2 rings (SSSR count). The Morgan fingerprint density at radius 1 is 1.11 bits per heavy atom. The molecule has 0 aliphatic carbocycles. The average Bonchev–Trinajstić information content (AvgIpc) is 2.66. The first-order chi connectivity index (χ1) is 13.3. The summed E-state index contributed by atoms with van der Waals surface area (Å²) in [6, 6.07) is 13.9. The van der Waals surface area contributed by atoms with Crippen LogP contribution in [0.1, 0.15) is 34.6 Å². The highest BCUT2D eigenvalue weighted by atomic mass is 32.1. The number of anilines is 1. The molecule has 2 amide bonds. The third kappa shape index (κ3) is 6.06. The Kier molecular flexibility index (Phi) is 7.52. The van der Waals surface area contributed by atoms with Crippen LogP contribution in [0.4, 0.5) is 5.69 Å². The summed E-state index contributed by atoms with van der Waals surface area (Å²) in [4.78, 5) is 26.2. The second-order valence-electron chi connectivity index (χ2n) is 6.89. The fourth-order valence-corrected chi connectivity index (χ4v) is 2.54. The molecule has 0 saturated heterocycles. The van der Waals surface area contributed by atoms with E-state index in [0.717, 1.165) is 0 Å². The van der Waals surface area contributed by atoms with Crippen LogP contribution < -0.4 is 15.4 Å². The highest BCUT2D eigenvalue weighted by molar-refractivity contribution is 7.80. The number of thiocarbonyl (C=S) groups is 1. The molecule has 7 heteroatoms. The first kappa shape index (κ1) is 21.4. The summed E-state index contributed by atoms with van der Waals surface area (Å²) in [6.07, 6.45) is 0. The van der Waals surface area contributed by atoms with E-state index >= 15 is 0 Å². The molecule has 0 spiro atoms. The molecule has 2 N–H and O–H groups in total. The zero-order valence-corrected chi connectivity index (χ0v) is 17.3. The van der Waals surface area contributed by atoms with E-state index in [1.807, 2.05) is 0 Å². The van der Waals surface area contributed by atoms with E-state index < -0.39 is 0 Å². The summed E-state index contributed by atoms with van der Waals surface area (Å²) in [6.45, 7) is 4.68. The van der Waals surface area contributed by atoms with Crippen molar-refractivity contribution in [1.29, 1.82) is 0 Å². The van der Waals surface area contributed by atoms with Gasteiger partial charge in [0.25, 0.3) is 11.8 Å². The molecule has 28 heavy (non-hydrogen) atoms. The number of benzene rings is 2. The Bertz CT molecular complexity index is 865. The molecule has 2 aromatic carbocycles. The van der Waals surface area contributed by atoms with Gasteiger partial charge in [-0.15, -0.1) is 0 Å². The molecular formula is C21H25N3O3S. The number of carbonyl (C=O) groups is 2. The van der Waals surface area contributed by atoms with Crippen LogP contribution in [-0.4, -0.2) is 42.5 Å². The quantitative estimate of drug-likeness (QED) is 0.727. The van der Waals surface area contributed by atoms with Gasteiger partial charge in [0.1, 0.15) is 5.75 Å². The Hall–Kier alpha value is -2.93. The van der Waals surface area contributed by atoms with Crippen LogP contribution in [0.25, 0.3) is 0 Å². The molecule has 6 nitrogen and oxygen atoms in total. The summed E-state index contributed by atoms with van der Waals surface area (Å²) in [5.41, 5.74) is 1.43. The first-order valence-corrected chi connectivity index (χ1v) is 9.34. The third-order valence-electron chi connectivity index (χ3n) is 3.72. The number of rotatable bonds is 6. The number of hydrogen-bond acceptors (Lipinski definition) is 4. The van der Waals surface area contributed by atoms with Gasteiger partial charge in [0.2, 0.25) is 0 Å². The Balaban J connectivity index is 2.05. The zero-order valence-electron chi connectivity index (χ0n) is 16.5. The molecule has 148 valence electrons. The van der Waals surface area contributed by atoms with Crippen molar-refractivity contribution in [2.24, 2.45) is 5.92 Å². The van der Waals surface area contributed by atoms with Crippen molar-refractivity contribution in [1.82, 2.24) is 10.2 Å². The van der Waals surface area contributed by atoms with E-state index in [2.05, 4.69) is 24.5 Å². The van der Waals surface area contributed by atoms with E-state index in [4.69, 9.17) is 17.0 Å². The Labute approximate surface area is 170 Å². The lowest BCUT2D eigenvalue weighted by Gasteiger charge is -2.16. The SMILES string of the molecule is CC(C)COc1cccc(C(=O)NC(=S)Nc2ccccc2C(=O)N(C)C)c1. The lowest BCUT2D eigenvalue weighted by molar-refractivity contribution is 0.0828. The van der Waals surface area contributed by atoms with Crippen molar-refractivity contribution >= 4 is 34.8 Å². The summed E-state index contributed by atoms with van der Waals surface area (Å²) in [7, 11) is 3.35. The number of ether oxygens (including phenoxy) is 1. The van der Waals surface area contributed by atoms with Crippen LogP contribution >= 0.6 is 12.2 Å². The van der Waals surface area contributed by atoms with Crippen molar-refractivity contribution in [3.63, 3.8) is 0 Å². The molecule has 0 heterocycles. The van der Waals surface area contributed by atoms with Crippen molar-refractivity contribution in [2.75, 3.05) is 26.0 Å². The predicted octanol–water partition coefficient (Wildman–Crippen LogP) is 3.55. The number of amides is 2. The van der Waals surface area contributed by atoms with Gasteiger partial charge in [0, 0.05) is 19.7 Å². The van der Waals surface area contributed by atoms with E-state index in [0.29, 0.717) is 35.1 Å². The topological polar surface area (TPSA) is 70.7 Å². The van der Waals surface area contributed by atoms with Gasteiger partial charge >= 0.3 is 0 Å². The minimum Gasteiger partial charge on any atom is -0.493 e. The molecule has 0 aliphatic heterocycles. The fourth-order valence-electron chi connectivity index (χ4n) is 2.34. The van der Waals surface area contributed by atoms with E-state index in [-0.39, 0.29) is 16.9 Å². The van der Waals surface area contributed by atoms with Gasteiger partial charge < -0.3 is 15.0 Å². The lowest BCUT2D eigenvalue weighted by atomic mass is 10.1. The maximum atomic E-state index is 12.5. The summed E-state index contributed by atoms with van der Waals surface area (Å²) in [5, 5.41) is 5.66. The highest BCUT2D eigenvalue weighted by Gasteiger charge is 2.15. The third-order valence-corrected chi connectivity index (χ3v) is 3.92. The monoisotopic (exact) mass is 399 g/mol. The van der Waals surface area contributed by atoms with Crippen LogP contribution in [0.2, 0.25) is 0 Å². The number of nitrogens with zero attached hydrogens (tertiary/aromatic N) is 1. The van der Waals surface area contributed by atoms with Crippen molar-refractivity contribution < 1.29 is 14.3 Å². The van der Waals surface area contributed by atoms with Crippen LogP contribution in [-0.2, 0) is 0 Å². The Morgan fingerprint density at radius 2 is 1.82 bits per heavy atom. The molecule has 0 radical (unpaired) electrons.